The molecule has 1 aromatic carbocycles. The summed E-state index contributed by atoms with van der Waals surface area (Å²) in [6.45, 7) is 0. The second-order valence-corrected chi connectivity index (χ2v) is 5.28. The number of rotatable bonds is 5. The van der Waals surface area contributed by atoms with Crippen LogP contribution in [0.4, 0.5) is 0 Å². The Labute approximate surface area is 139 Å². The van der Waals surface area contributed by atoms with Crippen LogP contribution in [0.15, 0.2) is 67.3 Å². The van der Waals surface area contributed by atoms with Gasteiger partial charge in [0.1, 0.15) is 11.9 Å². The normalized spacial score (nSPS) is 11.7. The summed E-state index contributed by atoms with van der Waals surface area (Å²) in [6.07, 6.45) is 6.37. The summed E-state index contributed by atoms with van der Waals surface area (Å²) in [5, 5.41) is 2.78. The largest absolute Gasteiger partial charge is 0.336 e. The predicted octanol–water partition coefficient (Wildman–Crippen LogP) is 1.90. The molecule has 0 aliphatic carbocycles. The van der Waals surface area contributed by atoms with Gasteiger partial charge in [0, 0.05) is 37.4 Å². The van der Waals surface area contributed by atoms with E-state index in [9.17, 15) is 9.59 Å². The summed E-state index contributed by atoms with van der Waals surface area (Å²) < 4.78 is 1.81. The SMILES string of the molecule is Cn1ccnc1[C@H](NC(=O)C(=O)c1cccnc1)c1ccccc1. The second-order valence-electron chi connectivity index (χ2n) is 5.28. The number of hydrogen-bond acceptors (Lipinski definition) is 4. The van der Waals surface area contributed by atoms with Gasteiger partial charge in [0.05, 0.1) is 0 Å². The van der Waals surface area contributed by atoms with E-state index < -0.39 is 17.7 Å². The van der Waals surface area contributed by atoms with E-state index >= 15 is 0 Å². The smallest absolute Gasteiger partial charge is 0.293 e. The quantitative estimate of drug-likeness (QED) is 0.575. The first-order valence-corrected chi connectivity index (χ1v) is 7.44. The van der Waals surface area contributed by atoms with Crippen molar-refractivity contribution in [3.63, 3.8) is 0 Å². The first kappa shape index (κ1) is 15.6. The molecule has 0 aliphatic heterocycles. The molecule has 1 N–H and O–H groups in total. The van der Waals surface area contributed by atoms with Gasteiger partial charge >= 0.3 is 0 Å². The minimum absolute atomic E-state index is 0.252. The summed E-state index contributed by atoms with van der Waals surface area (Å²) in [7, 11) is 1.84. The molecule has 6 nitrogen and oxygen atoms in total. The maximum Gasteiger partial charge on any atom is 0.293 e. The fourth-order valence-corrected chi connectivity index (χ4v) is 2.42. The van der Waals surface area contributed by atoms with Gasteiger partial charge < -0.3 is 9.88 Å². The third kappa shape index (κ3) is 3.22. The molecule has 1 amide bonds. The highest BCUT2D eigenvalue weighted by Crippen LogP contribution is 2.20. The zero-order chi connectivity index (χ0) is 16.9. The molecular weight excluding hydrogens is 304 g/mol. The van der Waals surface area contributed by atoms with Crippen LogP contribution in [0.2, 0.25) is 0 Å². The minimum Gasteiger partial charge on any atom is -0.336 e. The number of carbonyl (C=O) groups is 2. The molecule has 0 radical (unpaired) electrons. The number of hydrogen-bond donors (Lipinski definition) is 1. The van der Waals surface area contributed by atoms with E-state index in [1.165, 1.54) is 6.20 Å². The standard InChI is InChI=1S/C18H16N4O2/c1-22-11-10-20-17(22)15(13-6-3-2-4-7-13)21-18(24)16(23)14-8-5-9-19-12-14/h2-12,15H,1H3,(H,21,24)/t15-/m1/s1. The Hall–Kier alpha value is -3.28. The lowest BCUT2D eigenvalue weighted by atomic mass is 10.1. The van der Waals surface area contributed by atoms with E-state index in [-0.39, 0.29) is 5.56 Å². The average molecular weight is 320 g/mol. The van der Waals surface area contributed by atoms with E-state index in [0.717, 1.165) is 5.56 Å². The lowest BCUT2D eigenvalue weighted by Gasteiger charge is -2.18. The Morgan fingerprint density at radius 1 is 1.08 bits per heavy atom. The Bertz CT molecular complexity index is 844. The maximum absolute atomic E-state index is 12.4. The first-order valence-electron chi connectivity index (χ1n) is 7.44. The number of benzene rings is 1. The fraction of sp³-hybridized carbons (Fsp3) is 0.111. The van der Waals surface area contributed by atoms with Crippen LogP contribution in [0.5, 0.6) is 0 Å². The van der Waals surface area contributed by atoms with Crippen molar-refractivity contribution in [1.29, 1.82) is 0 Å². The van der Waals surface area contributed by atoms with Crippen LogP contribution in [-0.4, -0.2) is 26.2 Å². The van der Waals surface area contributed by atoms with Crippen molar-refractivity contribution < 1.29 is 9.59 Å². The molecule has 6 heteroatoms. The number of Topliss-reactive ketones (excluding diaryl/α,β-unsaturated/α-hetero) is 1. The van der Waals surface area contributed by atoms with Crippen molar-refractivity contribution in [3.05, 3.63) is 84.2 Å². The average Bonchev–Trinajstić information content (AvgIpc) is 3.06. The highest BCUT2D eigenvalue weighted by atomic mass is 16.2. The molecule has 0 aliphatic rings. The van der Waals surface area contributed by atoms with Gasteiger partial charge in [0.2, 0.25) is 0 Å². The van der Waals surface area contributed by atoms with Crippen molar-refractivity contribution >= 4 is 11.7 Å². The molecule has 3 rings (SSSR count). The lowest BCUT2D eigenvalue weighted by Crippen LogP contribution is -2.36. The molecule has 0 saturated carbocycles. The van der Waals surface area contributed by atoms with Gasteiger partial charge in [-0.15, -0.1) is 0 Å². The molecule has 0 spiro atoms. The first-order chi connectivity index (χ1) is 11.7. The number of amides is 1. The van der Waals surface area contributed by atoms with Crippen molar-refractivity contribution in [2.45, 2.75) is 6.04 Å². The van der Waals surface area contributed by atoms with Gasteiger partial charge in [-0.05, 0) is 17.7 Å². The van der Waals surface area contributed by atoms with E-state index in [4.69, 9.17) is 0 Å². The van der Waals surface area contributed by atoms with Crippen molar-refractivity contribution in [1.82, 2.24) is 19.9 Å². The summed E-state index contributed by atoms with van der Waals surface area (Å²) in [4.78, 5) is 32.9. The van der Waals surface area contributed by atoms with Crippen LogP contribution >= 0.6 is 0 Å². The number of nitrogens with one attached hydrogen (secondary N) is 1. The zero-order valence-corrected chi connectivity index (χ0v) is 13.1. The molecule has 2 aromatic heterocycles. The van der Waals surface area contributed by atoms with Gasteiger partial charge in [-0.2, -0.15) is 0 Å². The lowest BCUT2D eigenvalue weighted by molar-refractivity contribution is -0.117. The van der Waals surface area contributed by atoms with Crippen molar-refractivity contribution in [3.8, 4) is 0 Å². The topological polar surface area (TPSA) is 76.9 Å². The number of ketones is 1. The molecule has 0 fully saturated rings. The van der Waals surface area contributed by atoms with Crippen LogP contribution in [-0.2, 0) is 11.8 Å². The van der Waals surface area contributed by atoms with Gasteiger partial charge in [-0.25, -0.2) is 4.98 Å². The molecule has 0 unspecified atom stereocenters. The predicted molar refractivity (Wildman–Crippen MR) is 88.2 cm³/mol. The molecule has 2 heterocycles. The number of nitrogens with zero attached hydrogens (tertiary/aromatic N) is 3. The van der Waals surface area contributed by atoms with Gasteiger partial charge in [0.15, 0.2) is 0 Å². The van der Waals surface area contributed by atoms with E-state index in [1.54, 1.807) is 30.7 Å². The number of carbonyl (C=O) groups excluding carboxylic acids is 2. The molecule has 3 aromatic rings. The van der Waals surface area contributed by atoms with Crippen LogP contribution in [0.1, 0.15) is 27.8 Å². The van der Waals surface area contributed by atoms with Crippen molar-refractivity contribution in [2.24, 2.45) is 7.05 Å². The number of pyridine rings is 1. The Balaban J connectivity index is 1.89. The molecule has 0 saturated heterocycles. The van der Waals surface area contributed by atoms with Gasteiger partial charge in [0.25, 0.3) is 11.7 Å². The number of aromatic nitrogens is 3. The summed E-state index contributed by atoms with van der Waals surface area (Å²) >= 11 is 0. The molecule has 1 atom stereocenters. The monoisotopic (exact) mass is 320 g/mol. The van der Waals surface area contributed by atoms with Crippen LogP contribution < -0.4 is 5.32 Å². The zero-order valence-electron chi connectivity index (χ0n) is 13.1. The number of imidazole rings is 1. The second kappa shape index (κ2) is 6.87. The molecular formula is C18H16N4O2. The summed E-state index contributed by atoms with van der Waals surface area (Å²) in [5.74, 6) is -0.674. The fourth-order valence-electron chi connectivity index (χ4n) is 2.42. The van der Waals surface area contributed by atoms with E-state index in [0.29, 0.717) is 5.82 Å². The molecule has 24 heavy (non-hydrogen) atoms. The van der Waals surface area contributed by atoms with Crippen LogP contribution in [0.3, 0.4) is 0 Å². The number of aryl methyl sites for hydroxylation is 1. The van der Waals surface area contributed by atoms with E-state index in [2.05, 4.69) is 15.3 Å². The van der Waals surface area contributed by atoms with E-state index in [1.807, 2.05) is 41.9 Å². The Morgan fingerprint density at radius 3 is 2.50 bits per heavy atom. The summed E-state index contributed by atoms with van der Waals surface area (Å²) in [6, 6.07) is 12.1. The van der Waals surface area contributed by atoms with Gasteiger partial charge in [-0.3, -0.25) is 14.6 Å². The van der Waals surface area contributed by atoms with Gasteiger partial charge in [-0.1, -0.05) is 30.3 Å². The highest BCUT2D eigenvalue weighted by Gasteiger charge is 2.24. The van der Waals surface area contributed by atoms with Crippen LogP contribution in [0.25, 0.3) is 0 Å². The Kier molecular flexibility index (Phi) is 4.47. The minimum atomic E-state index is -0.695. The molecule has 0 bridgehead atoms. The van der Waals surface area contributed by atoms with Crippen LogP contribution in [0, 0.1) is 0 Å². The van der Waals surface area contributed by atoms with Crippen molar-refractivity contribution in [2.75, 3.05) is 0 Å². The summed E-state index contributed by atoms with van der Waals surface area (Å²) in [5.41, 5.74) is 1.10. The molecule has 120 valence electrons. The highest BCUT2D eigenvalue weighted by molar-refractivity contribution is 6.42. The third-order valence-electron chi connectivity index (χ3n) is 3.65. The third-order valence-corrected chi connectivity index (χ3v) is 3.65. The Morgan fingerprint density at radius 2 is 1.88 bits per heavy atom. The maximum atomic E-state index is 12.4.